The van der Waals surface area contributed by atoms with Crippen LogP contribution in [-0.4, -0.2) is 32.4 Å². The van der Waals surface area contributed by atoms with Crippen LogP contribution >= 0.6 is 0 Å². The van der Waals surface area contributed by atoms with Crippen molar-refractivity contribution < 1.29 is 19.8 Å². The van der Waals surface area contributed by atoms with Crippen LogP contribution in [0.4, 0.5) is 0 Å². The van der Waals surface area contributed by atoms with Gasteiger partial charge < -0.3 is 20.8 Å². The van der Waals surface area contributed by atoms with E-state index in [1.807, 2.05) is 0 Å². The lowest BCUT2D eigenvalue weighted by Gasteiger charge is -2.18. The molecule has 1 aromatic heterocycles. The molecule has 0 aliphatic carbocycles. The minimum Gasteiger partial charge on any atom is -0.507 e. The number of phenols is 1. The van der Waals surface area contributed by atoms with Gasteiger partial charge in [0.1, 0.15) is 28.5 Å². The van der Waals surface area contributed by atoms with Gasteiger partial charge in [0.25, 0.3) is 0 Å². The van der Waals surface area contributed by atoms with E-state index in [2.05, 4.69) is 10.1 Å². The third-order valence-electron chi connectivity index (χ3n) is 2.96. The summed E-state index contributed by atoms with van der Waals surface area (Å²) in [6.07, 6.45) is 1.47. The van der Waals surface area contributed by atoms with Crippen LogP contribution in [0.1, 0.15) is 42.4 Å². The van der Waals surface area contributed by atoms with E-state index in [0.717, 1.165) is 0 Å². The van der Waals surface area contributed by atoms with E-state index in [9.17, 15) is 15.0 Å². The Morgan fingerprint density at radius 3 is 2.50 bits per heavy atom. The Labute approximate surface area is 139 Å². The van der Waals surface area contributed by atoms with Crippen molar-refractivity contribution in [3.63, 3.8) is 0 Å². The molecule has 0 unspecified atom stereocenters. The Kier molecular flexibility index (Phi) is 4.73. The summed E-state index contributed by atoms with van der Waals surface area (Å²) < 4.78 is 0. The highest BCUT2D eigenvalue weighted by atomic mass is 16.6. The van der Waals surface area contributed by atoms with E-state index in [1.54, 1.807) is 26.8 Å². The van der Waals surface area contributed by atoms with Crippen LogP contribution in [0.25, 0.3) is 0 Å². The third kappa shape index (κ3) is 4.01. The number of carbonyl (C=O) groups excluding carboxylic acids is 1. The lowest BCUT2D eigenvalue weighted by Crippen LogP contribution is -2.18. The fourth-order valence-corrected chi connectivity index (χ4v) is 1.86. The van der Waals surface area contributed by atoms with Crippen molar-refractivity contribution in [1.82, 2.24) is 4.98 Å². The number of amides is 1. The fourth-order valence-electron chi connectivity index (χ4n) is 1.86. The number of primary amides is 1. The average Bonchev–Trinajstić information content (AvgIpc) is 2.49. The molecule has 24 heavy (non-hydrogen) atoms. The van der Waals surface area contributed by atoms with Crippen LogP contribution in [0.15, 0.2) is 41.7 Å². The van der Waals surface area contributed by atoms with Gasteiger partial charge >= 0.3 is 0 Å². The fraction of sp³-hybridized carbons (Fsp3) is 0.235. The molecule has 0 aliphatic heterocycles. The van der Waals surface area contributed by atoms with Gasteiger partial charge in [0.15, 0.2) is 0 Å². The summed E-state index contributed by atoms with van der Waals surface area (Å²) in [5.74, 6) is -0.948. The molecule has 1 heterocycles. The van der Waals surface area contributed by atoms with Crippen LogP contribution in [0, 0.1) is 0 Å². The van der Waals surface area contributed by atoms with Crippen LogP contribution in [0.2, 0.25) is 0 Å². The normalized spacial score (nSPS) is 12.0. The molecular weight excluding hydrogens is 310 g/mol. The summed E-state index contributed by atoms with van der Waals surface area (Å²) in [6.45, 7) is 5.39. The predicted octanol–water partition coefficient (Wildman–Crippen LogP) is 2.16. The zero-order valence-corrected chi connectivity index (χ0v) is 13.6. The van der Waals surface area contributed by atoms with Crippen LogP contribution in [0.3, 0.4) is 0 Å². The summed E-state index contributed by atoms with van der Waals surface area (Å²) in [5, 5.41) is 24.3. The molecule has 7 nitrogen and oxygen atoms in total. The van der Waals surface area contributed by atoms with Gasteiger partial charge in [-0.05, 0) is 51.1 Å². The number of oxime groups is 1. The maximum atomic E-state index is 11.4. The number of carbonyl (C=O) groups is 1. The monoisotopic (exact) mass is 329 g/mol. The third-order valence-corrected chi connectivity index (χ3v) is 2.96. The van der Waals surface area contributed by atoms with E-state index < -0.39 is 11.5 Å². The number of pyridine rings is 1. The Hall–Kier alpha value is -3.09. The number of aromatic nitrogens is 1. The number of rotatable bonds is 4. The second-order valence-electron chi connectivity index (χ2n) is 6.11. The first-order valence-corrected chi connectivity index (χ1v) is 7.23. The molecule has 0 spiro atoms. The maximum Gasteiger partial charge on any atom is 0.248 e. The molecule has 0 radical (unpaired) electrons. The molecular formula is C17H19N3O4. The number of nitrogens with zero attached hydrogens (tertiary/aromatic N) is 2. The SMILES string of the molecule is CC(C)(C)ON=C(c1cc(C(N)=O)ccc1O)c1ncccc1O. The number of benzene rings is 1. The highest BCUT2D eigenvalue weighted by molar-refractivity contribution is 6.15. The van der Waals surface area contributed by atoms with E-state index >= 15 is 0 Å². The van der Waals surface area contributed by atoms with Crippen molar-refractivity contribution in [2.45, 2.75) is 26.4 Å². The van der Waals surface area contributed by atoms with Gasteiger partial charge in [-0.3, -0.25) is 9.78 Å². The molecule has 0 aliphatic rings. The summed E-state index contributed by atoms with van der Waals surface area (Å²) in [7, 11) is 0. The zero-order chi connectivity index (χ0) is 17.9. The maximum absolute atomic E-state index is 11.4. The second-order valence-corrected chi connectivity index (χ2v) is 6.11. The van der Waals surface area contributed by atoms with Crippen molar-refractivity contribution in [3.8, 4) is 11.5 Å². The Balaban J connectivity index is 2.65. The molecule has 0 saturated heterocycles. The summed E-state index contributed by atoms with van der Waals surface area (Å²) in [5.41, 5.74) is 5.23. The number of phenolic OH excluding ortho intramolecular Hbond substituents is 1. The first kappa shape index (κ1) is 17.3. The molecule has 4 N–H and O–H groups in total. The highest BCUT2D eigenvalue weighted by Gasteiger charge is 2.21. The standard InChI is InChI=1S/C17H19N3O4/c1-17(2,3)24-20-14(15-13(22)5-4-8-19-15)11-9-10(16(18)23)6-7-12(11)21/h4-9,21-22H,1-3H3,(H2,18,23). The molecule has 7 heteroatoms. The average molecular weight is 329 g/mol. The lowest BCUT2D eigenvalue weighted by molar-refractivity contribution is 0.00108. The van der Waals surface area contributed by atoms with E-state index in [4.69, 9.17) is 10.6 Å². The number of aromatic hydroxyl groups is 2. The van der Waals surface area contributed by atoms with Crippen molar-refractivity contribution in [1.29, 1.82) is 0 Å². The first-order valence-electron chi connectivity index (χ1n) is 7.23. The Bertz CT molecular complexity index is 795. The molecule has 2 aromatic rings. The Morgan fingerprint density at radius 1 is 1.21 bits per heavy atom. The summed E-state index contributed by atoms with van der Waals surface area (Å²) >= 11 is 0. The van der Waals surface area contributed by atoms with Crippen LogP contribution < -0.4 is 5.73 Å². The number of hydrogen-bond donors (Lipinski definition) is 3. The van der Waals surface area contributed by atoms with Crippen LogP contribution in [-0.2, 0) is 4.84 Å². The predicted molar refractivity (Wildman–Crippen MR) is 89.0 cm³/mol. The minimum absolute atomic E-state index is 0.0867. The molecule has 1 aromatic carbocycles. The molecule has 0 bridgehead atoms. The summed E-state index contributed by atoms with van der Waals surface area (Å²) in [4.78, 5) is 20.9. The van der Waals surface area contributed by atoms with Gasteiger partial charge in [0.05, 0.1) is 0 Å². The smallest absolute Gasteiger partial charge is 0.248 e. The molecule has 126 valence electrons. The quantitative estimate of drug-likeness (QED) is 0.587. The Morgan fingerprint density at radius 2 is 1.92 bits per heavy atom. The lowest BCUT2D eigenvalue weighted by atomic mass is 10.0. The van der Waals surface area contributed by atoms with Gasteiger partial charge in [0.2, 0.25) is 5.91 Å². The zero-order valence-electron chi connectivity index (χ0n) is 13.6. The van der Waals surface area contributed by atoms with Gasteiger partial charge in [0, 0.05) is 17.3 Å². The van der Waals surface area contributed by atoms with Gasteiger partial charge in [-0.15, -0.1) is 0 Å². The van der Waals surface area contributed by atoms with Crippen molar-refractivity contribution >= 4 is 11.6 Å². The van der Waals surface area contributed by atoms with Gasteiger partial charge in [-0.2, -0.15) is 0 Å². The van der Waals surface area contributed by atoms with Crippen LogP contribution in [0.5, 0.6) is 11.5 Å². The number of nitrogens with two attached hydrogens (primary N) is 1. The topological polar surface area (TPSA) is 118 Å². The molecule has 0 atom stereocenters. The van der Waals surface area contributed by atoms with Gasteiger partial charge in [-0.1, -0.05) is 5.16 Å². The first-order chi connectivity index (χ1) is 11.2. The number of hydrogen-bond acceptors (Lipinski definition) is 6. The summed E-state index contributed by atoms with van der Waals surface area (Å²) in [6, 6.07) is 7.07. The van der Waals surface area contributed by atoms with Crippen molar-refractivity contribution in [2.75, 3.05) is 0 Å². The molecule has 0 fully saturated rings. The van der Waals surface area contributed by atoms with Crippen molar-refractivity contribution in [3.05, 3.63) is 53.3 Å². The van der Waals surface area contributed by atoms with Crippen molar-refractivity contribution in [2.24, 2.45) is 10.9 Å². The molecule has 1 amide bonds. The van der Waals surface area contributed by atoms with E-state index in [1.165, 1.54) is 30.5 Å². The van der Waals surface area contributed by atoms with E-state index in [0.29, 0.717) is 0 Å². The second kappa shape index (κ2) is 6.57. The molecule has 2 rings (SSSR count). The highest BCUT2D eigenvalue weighted by Crippen LogP contribution is 2.26. The largest absolute Gasteiger partial charge is 0.507 e. The minimum atomic E-state index is -0.655. The van der Waals surface area contributed by atoms with Gasteiger partial charge in [-0.25, -0.2) is 0 Å². The van der Waals surface area contributed by atoms with E-state index in [-0.39, 0.29) is 34.0 Å². The molecule has 0 saturated carbocycles.